The molecule has 0 radical (unpaired) electrons. The molecule has 0 amide bonds. The minimum Gasteiger partial charge on any atom is -0.316 e. The van der Waals surface area contributed by atoms with Crippen molar-refractivity contribution in [3.05, 3.63) is 11.1 Å². The summed E-state index contributed by atoms with van der Waals surface area (Å²) in [4.78, 5) is 0. The fourth-order valence-corrected chi connectivity index (χ4v) is 0.665. The summed E-state index contributed by atoms with van der Waals surface area (Å²) >= 11 is 5.72. The van der Waals surface area contributed by atoms with Crippen molar-refractivity contribution in [1.82, 2.24) is 10.6 Å². The Morgan fingerprint density at radius 1 is 1.44 bits per heavy atom. The molecule has 0 aromatic rings. The van der Waals surface area contributed by atoms with Crippen LogP contribution < -0.4 is 10.6 Å². The first-order valence-corrected chi connectivity index (χ1v) is 3.32. The number of likely N-dealkylation sites (N-methyl/N-ethyl adjacent to an activating group) is 2. The summed E-state index contributed by atoms with van der Waals surface area (Å²) in [6.07, 6.45) is 1.94. The van der Waals surface area contributed by atoms with Gasteiger partial charge in [0.2, 0.25) is 0 Å². The molecule has 0 atom stereocenters. The van der Waals surface area contributed by atoms with E-state index in [1.807, 2.05) is 20.2 Å². The lowest BCUT2D eigenvalue weighted by atomic mass is 10.5. The van der Waals surface area contributed by atoms with E-state index in [9.17, 15) is 0 Å². The molecule has 0 rings (SSSR count). The highest BCUT2D eigenvalue weighted by Crippen LogP contribution is 1.95. The van der Waals surface area contributed by atoms with Crippen molar-refractivity contribution in [3.8, 4) is 0 Å². The predicted octanol–water partition coefficient (Wildman–Crippen LogP) is 0.548. The summed E-state index contributed by atoms with van der Waals surface area (Å²) in [7, 11) is 3.76. The lowest BCUT2D eigenvalue weighted by molar-refractivity contribution is 0.882. The van der Waals surface area contributed by atoms with Crippen molar-refractivity contribution in [2.24, 2.45) is 0 Å². The molecule has 0 spiro atoms. The smallest absolute Gasteiger partial charge is 0.0307 e. The molecule has 0 saturated heterocycles. The lowest BCUT2D eigenvalue weighted by Crippen LogP contribution is -2.10. The highest BCUT2D eigenvalue weighted by Gasteiger charge is 1.85. The molecule has 9 heavy (non-hydrogen) atoms. The van der Waals surface area contributed by atoms with Crippen LogP contribution in [0.25, 0.3) is 0 Å². The van der Waals surface area contributed by atoms with Crippen LogP contribution >= 0.6 is 11.6 Å². The summed E-state index contributed by atoms with van der Waals surface area (Å²) in [5, 5.41) is 6.77. The second kappa shape index (κ2) is 6.08. The maximum Gasteiger partial charge on any atom is 0.0307 e. The fourth-order valence-electron chi connectivity index (χ4n) is 0.454. The minimum absolute atomic E-state index is 0.753. The van der Waals surface area contributed by atoms with Crippen molar-refractivity contribution in [3.63, 3.8) is 0 Å². The van der Waals surface area contributed by atoms with Crippen molar-refractivity contribution >= 4 is 11.6 Å². The number of hydrogen-bond donors (Lipinski definition) is 2. The second-order valence-electron chi connectivity index (χ2n) is 1.74. The standard InChI is InChI=1S/C6H13ClN2/c1-8-4-3-6(7)5-9-2/h3,8-9H,4-5H2,1-2H3/b6-3+. The van der Waals surface area contributed by atoms with Crippen LogP contribution in [0.5, 0.6) is 0 Å². The van der Waals surface area contributed by atoms with Crippen LogP contribution in [0.3, 0.4) is 0 Å². The van der Waals surface area contributed by atoms with Crippen LogP contribution in [0.1, 0.15) is 0 Å². The molecule has 0 unspecified atom stereocenters. The maximum absolute atomic E-state index is 5.72. The van der Waals surface area contributed by atoms with Crippen LogP contribution in [0.15, 0.2) is 11.1 Å². The minimum atomic E-state index is 0.753. The van der Waals surface area contributed by atoms with Crippen molar-refractivity contribution in [2.75, 3.05) is 27.2 Å². The van der Waals surface area contributed by atoms with Crippen LogP contribution in [-0.4, -0.2) is 27.2 Å². The first kappa shape index (κ1) is 8.95. The molecule has 3 heteroatoms. The van der Waals surface area contributed by atoms with Gasteiger partial charge in [0.25, 0.3) is 0 Å². The Morgan fingerprint density at radius 3 is 2.56 bits per heavy atom. The molecule has 0 aliphatic carbocycles. The molecule has 0 aromatic heterocycles. The fraction of sp³-hybridized carbons (Fsp3) is 0.667. The van der Waals surface area contributed by atoms with Crippen molar-refractivity contribution in [1.29, 1.82) is 0 Å². The van der Waals surface area contributed by atoms with Gasteiger partial charge < -0.3 is 10.6 Å². The summed E-state index contributed by atoms with van der Waals surface area (Å²) in [6.45, 7) is 1.59. The van der Waals surface area contributed by atoms with Gasteiger partial charge in [-0.1, -0.05) is 17.7 Å². The lowest BCUT2D eigenvalue weighted by Gasteiger charge is -1.95. The number of halogens is 1. The van der Waals surface area contributed by atoms with Gasteiger partial charge in [0.05, 0.1) is 0 Å². The number of hydrogen-bond acceptors (Lipinski definition) is 2. The predicted molar refractivity (Wildman–Crippen MR) is 41.8 cm³/mol. The largest absolute Gasteiger partial charge is 0.316 e. The monoisotopic (exact) mass is 148 g/mol. The summed E-state index contributed by atoms with van der Waals surface area (Å²) in [5.74, 6) is 0. The average molecular weight is 149 g/mol. The average Bonchev–Trinajstić information content (AvgIpc) is 1.85. The van der Waals surface area contributed by atoms with Gasteiger partial charge in [0, 0.05) is 18.1 Å². The third kappa shape index (κ3) is 5.83. The molecule has 0 fully saturated rings. The van der Waals surface area contributed by atoms with Crippen LogP contribution in [-0.2, 0) is 0 Å². The zero-order valence-electron chi connectivity index (χ0n) is 5.87. The van der Waals surface area contributed by atoms with Gasteiger partial charge in [0.1, 0.15) is 0 Å². The van der Waals surface area contributed by atoms with E-state index in [0.717, 1.165) is 18.1 Å². The Hall–Kier alpha value is -0.0500. The van der Waals surface area contributed by atoms with E-state index >= 15 is 0 Å². The third-order valence-corrected chi connectivity index (χ3v) is 1.16. The second-order valence-corrected chi connectivity index (χ2v) is 2.22. The molecule has 0 aliphatic heterocycles. The van der Waals surface area contributed by atoms with Crippen molar-refractivity contribution in [2.45, 2.75) is 0 Å². The Balaban J connectivity index is 3.30. The number of nitrogens with one attached hydrogen (secondary N) is 2. The van der Waals surface area contributed by atoms with Gasteiger partial charge in [0.15, 0.2) is 0 Å². The van der Waals surface area contributed by atoms with Gasteiger partial charge in [-0.3, -0.25) is 0 Å². The zero-order chi connectivity index (χ0) is 7.11. The molecular formula is C6H13ClN2. The van der Waals surface area contributed by atoms with E-state index in [1.165, 1.54) is 0 Å². The molecule has 0 bridgehead atoms. The van der Waals surface area contributed by atoms with E-state index in [2.05, 4.69) is 10.6 Å². The zero-order valence-corrected chi connectivity index (χ0v) is 6.63. The van der Waals surface area contributed by atoms with Gasteiger partial charge >= 0.3 is 0 Å². The first-order valence-electron chi connectivity index (χ1n) is 2.95. The SMILES string of the molecule is CNC/C=C(/Cl)CNC. The Kier molecular flexibility index (Phi) is 6.04. The summed E-state index contributed by atoms with van der Waals surface area (Å²) in [6, 6.07) is 0. The van der Waals surface area contributed by atoms with E-state index < -0.39 is 0 Å². The molecule has 2 nitrogen and oxygen atoms in total. The molecular weight excluding hydrogens is 136 g/mol. The normalized spacial score (nSPS) is 12.1. The third-order valence-electron chi connectivity index (χ3n) is 0.873. The Bertz CT molecular complexity index is 91.1. The summed E-state index contributed by atoms with van der Waals surface area (Å²) < 4.78 is 0. The van der Waals surface area contributed by atoms with E-state index in [1.54, 1.807) is 0 Å². The van der Waals surface area contributed by atoms with Gasteiger partial charge in [-0.05, 0) is 14.1 Å². The van der Waals surface area contributed by atoms with E-state index in [4.69, 9.17) is 11.6 Å². The molecule has 0 heterocycles. The highest BCUT2D eigenvalue weighted by molar-refractivity contribution is 6.29. The van der Waals surface area contributed by atoms with Crippen LogP contribution in [0.2, 0.25) is 0 Å². The van der Waals surface area contributed by atoms with E-state index in [0.29, 0.717) is 0 Å². The Labute approximate surface area is 61.3 Å². The van der Waals surface area contributed by atoms with Gasteiger partial charge in [-0.25, -0.2) is 0 Å². The van der Waals surface area contributed by atoms with Gasteiger partial charge in [-0.2, -0.15) is 0 Å². The molecule has 2 N–H and O–H groups in total. The number of rotatable bonds is 4. The van der Waals surface area contributed by atoms with E-state index in [-0.39, 0.29) is 0 Å². The topological polar surface area (TPSA) is 24.1 Å². The Morgan fingerprint density at radius 2 is 2.11 bits per heavy atom. The first-order chi connectivity index (χ1) is 4.31. The van der Waals surface area contributed by atoms with Crippen LogP contribution in [0.4, 0.5) is 0 Å². The maximum atomic E-state index is 5.72. The molecule has 0 saturated carbocycles. The summed E-state index contributed by atoms with van der Waals surface area (Å²) in [5.41, 5.74) is 0. The molecule has 0 aromatic carbocycles. The quantitative estimate of drug-likeness (QED) is 0.609. The van der Waals surface area contributed by atoms with Crippen molar-refractivity contribution < 1.29 is 0 Å². The van der Waals surface area contributed by atoms with Gasteiger partial charge in [-0.15, -0.1) is 0 Å². The highest BCUT2D eigenvalue weighted by atomic mass is 35.5. The molecule has 0 aliphatic rings. The molecule has 54 valence electrons. The van der Waals surface area contributed by atoms with Crippen LogP contribution in [0, 0.1) is 0 Å².